The van der Waals surface area contributed by atoms with Crippen molar-refractivity contribution in [3.05, 3.63) is 39.4 Å². The number of nitrogens with two attached hydrogens (primary N) is 1. The van der Waals surface area contributed by atoms with Crippen molar-refractivity contribution in [2.75, 3.05) is 19.6 Å². The quantitative estimate of drug-likeness (QED) is 0.613. The Balaban J connectivity index is 1.53. The number of nitrogens with zero attached hydrogens (tertiary/aromatic N) is 1. The van der Waals surface area contributed by atoms with Crippen molar-refractivity contribution in [2.24, 2.45) is 11.1 Å². The lowest BCUT2D eigenvalue weighted by molar-refractivity contribution is 0.138. The normalized spacial score (nSPS) is 17.4. The van der Waals surface area contributed by atoms with Gasteiger partial charge in [-0.15, -0.1) is 22.7 Å². The van der Waals surface area contributed by atoms with Crippen LogP contribution < -0.4 is 15.8 Å². The maximum absolute atomic E-state index is 12.3. The fourth-order valence-electron chi connectivity index (χ4n) is 3.26. The van der Waals surface area contributed by atoms with Crippen LogP contribution in [-0.2, 0) is 16.6 Å². The Morgan fingerprint density at radius 3 is 2.64 bits per heavy atom. The molecule has 0 spiro atoms. The molecule has 1 atom stereocenters. The van der Waals surface area contributed by atoms with Crippen molar-refractivity contribution >= 4 is 38.7 Å². The first-order valence-electron chi connectivity index (χ1n) is 9.23. The topological polar surface area (TPSA) is 105 Å². The smallest absolute Gasteiger partial charge is 0.315 e. The van der Waals surface area contributed by atoms with Gasteiger partial charge in [0.25, 0.3) is 0 Å². The van der Waals surface area contributed by atoms with Crippen LogP contribution in [0.4, 0.5) is 4.79 Å². The van der Waals surface area contributed by atoms with E-state index in [2.05, 4.69) is 33.9 Å². The Morgan fingerprint density at radius 2 is 2.04 bits per heavy atom. The minimum atomic E-state index is -3.70. The fourth-order valence-corrected chi connectivity index (χ4v) is 5.84. The Morgan fingerprint density at radius 1 is 1.29 bits per heavy atom. The van der Waals surface area contributed by atoms with Crippen LogP contribution in [0.1, 0.15) is 35.6 Å². The van der Waals surface area contributed by atoms with Crippen LogP contribution in [0.2, 0.25) is 0 Å². The van der Waals surface area contributed by atoms with Gasteiger partial charge in [-0.05, 0) is 55.4 Å². The molecule has 0 saturated carbocycles. The van der Waals surface area contributed by atoms with Gasteiger partial charge in [0.15, 0.2) is 0 Å². The van der Waals surface area contributed by atoms with E-state index in [1.54, 1.807) is 17.4 Å². The van der Waals surface area contributed by atoms with Crippen molar-refractivity contribution in [2.45, 2.75) is 36.6 Å². The first-order valence-corrected chi connectivity index (χ1v) is 12.5. The summed E-state index contributed by atoms with van der Waals surface area (Å²) in [6.45, 7) is 5.16. The number of primary sulfonamides is 1. The molecule has 1 aliphatic rings. The lowest BCUT2D eigenvalue weighted by Gasteiger charge is -2.36. The van der Waals surface area contributed by atoms with E-state index in [-0.39, 0.29) is 22.8 Å². The molecule has 1 saturated heterocycles. The molecule has 1 unspecified atom stereocenters. The molecule has 154 valence electrons. The van der Waals surface area contributed by atoms with Crippen LogP contribution in [0.15, 0.2) is 33.9 Å². The van der Waals surface area contributed by atoms with Crippen LogP contribution in [0.3, 0.4) is 0 Å². The second-order valence-electron chi connectivity index (χ2n) is 7.08. The molecule has 2 aromatic rings. The standard InChI is InChI=1S/C18H26N4O3S3/c1-13-6-8-22(9-7-13)15(16-3-2-10-26-16)12-21-18(23)20-11-14-4-5-17(27-14)28(19,24)25/h2-5,10,13,15H,6-9,11-12H2,1H3,(H2,19,24,25)(H2,20,21,23). The summed E-state index contributed by atoms with van der Waals surface area (Å²) in [6.07, 6.45) is 2.36. The van der Waals surface area contributed by atoms with Crippen molar-refractivity contribution in [3.8, 4) is 0 Å². The molecule has 4 N–H and O–H groups in total. The number of sulfonamides is 1. The molecule has 0 aromatic carbocycles. The third kappa shape index (κ3) is 5.77. The Labute approximate surface area is 174 Å². The van der Waals surface area contributed by atoms with Gasteiger partial charge in [-0.1, -0.05) is 13.0 Å². The van der Waals surface area contributed by atoms with E-state index in [0.29, 0.717) is 6.54 Å². The van der Waals surface area contributed by atoms with Gasteiger partial charge < -0.3 is 10.6 Å². The number of hydrogen-bond acceptors (Lipinski definition) is 6. The van der Waals surface area contributed by atoms with E-state index in [9.17, 15) is 13.2 Å². The third-order valence-corrected chi connectivity index (χ3v) is 8.42. The first-order chi connectivity index (χ1) is 13.3. The maximum atomic E-state index is 12.3. The van der Waals surface area contributed by atoms with Crippen molar-refractivity contribution in [3.63, 3.8) is 0 Å². The van der Waals surface area contributed by atoms with E-state index in [0.717, 1.165) is 35.2 Å². The molecule has 3 heterocycles. The van der Waals surface area contributed by atoms with E-state index < -0.39 is 10.0 Å². The average Bonchev–Trinajstić information content (AvgIpc) is 3.33. The summed E-state index contributed by atoms with van der Waals surface area (Å²) in [5.74, 6) is 0.754. The summed E-state index contributed by atoms with van der Waals surface area (Å²) >= 11 is 2.78. The predicted octanol–water partition coefficient (Wildman–Crippen LogP) is 2.73. The van der Waals surface area contributed by atoms with E-state index in [1.165, 1.54) is 23.8 Å². The van der Waals surface area contributed by atoms with Crippen molar-refractivity contribution < 1.29 is 13.2 Å². The summed E-state index contributed by atoms with van der Waals surface area (Å²) in [5, 5.41) is 12.9. The zero-order chi connectivity index (χ0) is 20.1. The van der Waals surface area contributed by atoms with Gasteiger partial charge in [-0.3, -0.25) is 4.90 Å². The number of likely N-dealkylation sites (tertiary alicyclic amines) is 1. The number of rotatable bonds is 7. The number of urea groups is 1. The molecule has 0 bridgehead atoms. The summed E-state index contributed by atoms with van der Waals surface area (Å²) in [5.41, 5.74) is 0. The average molecular weight is 443 g/mol. The van der Waals surface area contributed by atoms with Crippen LogP contribution >= 0.6 is 22.7 Å². The van der Waals surface area contributed by atoms with Crippen LogP contribution in [0, 0.1) is 5.92 Å². The Bertz CT molecular complexity index is 872. The summed E-state index contributed by atoms with van der Waals surface area (Å²) in [7, 11) is -3.70. The van der Waals surface area contributed by atoms with Gasteiger partial charge in [-0.2, -0.15) is 0 Å². The lowest BCUT2D eigenvalue weighted by atomic mass is 9.97. The predicted molar refractivity (Wildman–Crippen MR) is 113 cm³/mol. The molecular formula is C18H26N4O3S3. The maximum Gasteiger partial charge on any atom is 0.315 e. The van der Waals surface area contributed by atoms with Crippen LogP contribution in [0.5, 0.6) is 0 Å². The molecule has 1 aliphatic heterocycles. The number of hydrogen-bond donors (Lipinski definition) is 3. The molecule has 3 rings (SSSR count). The largest absolute Gasteiger partial charge is 0.336 e. The molecule has 0 aliphatic carbocycles. The second-order valence-corrected chi connectivity index (χ2v) is 11.0. The molecule has 2 aromatic heterocycles. The molecule has 10 heteroatoms. The zero-order valence-corrected chi connectivity index (χ0v) is 18.2. The first kappa shape index (κ1) is 21.3. The molecule has 0 radical (unpaired) electrons. The Kier molecular flexibility index (Phi) is 7.10. The Hall–Kier alpha value is -1.46. The molecular weight excluding hydrogens is 416 g/mol. The molecule has 7 nitrogen and oxygen atoms in total. The number of carbonyl (C=O) groups is 1. The highest BCUT2D eigenvalue weighted by atomic mass is 32.2. The SMILES string of the molecule is CC1CCN(C(CNC(=O)NCc2ccc(S(N)(=O)=O)s2)c2cccs2)CC1. The van der Waals surface area contributed by atoms with Gasteiger partial charge >= 0.3 is 6.03 Å². The number of piperidine rings is 1. The minimum Gasteiger partial charge on any atom is -0.336 e. The number of amides is 2. The van der Waals surface area contributed by atoms with Crippen LogP contribution in [0.25, 0.3) is 0 Å². The lowest BCUT2D eigenvalue weighted by Crippen LogP contribution is -2.44. The number of thiophene rings is 2. The van der Waals surface area contributed by atoms with Crippen LogP contribution in [-0.4, -0.2) is 39.0 Å². The summed E-state index contributed by atoms with van der Waals surface area (Å²) < 4.78 is 22.8. The number of carbonyl (C=O) groups excluding carboxylic acids is 1. The van der Waals surface area contributed by atoms with E-state index >= 15 is 0 Å². The molecule has 28 heavy (non-hydrogen) atoms. The van der Waals surface area contributed by atoms with Gasteiger partial charge in [0.05, 0.1) is 12.6 Å². The zero-order valence-electron chi connectivity index (χ0n) is 15.8. The fraction of sp³-hybridized carbons (Fsp3) is 0.500. The summed E-state index contributed by atoms with van der Waals surface area (Å²) in [6, 6.07) is 7.19. The molecule has 2 amide bonds. The number of nitrogens with one attached hydrogen (secondary N) is 2. The van der Waals surface area contributed by atoms with Crippen molar-refractivity contribution in [1.29, 1.82) is 0 Å². The van der Waals surface area contributed by atoms with Crippen molar-refractivity contribution in [1.82, 2.24) is 15.5 Å². The highest BCUT2D eigenvalue weighted by Crippen LogP contribution is 2.29. The highest BCUT2D eigenvalue weighted by Gasteiger charge is 2.25. The van der Waals surface area contributed by atoms with E-state index in [1.807, 2.05) is 6.07 Å². The monoisotopic (exact) mass is 442 g/mol. The van der Waals surface area contributed by atoms with Gasteiger partial charge in [-0.25, -0.2) is 18.4 Å². The second kappa shape index (κ2) is 9.36. The van der Waals surface area contributed by atoms with E-state index in [4.69, 9.17) is 5.14 Å². The summed E-state index contributed by atoms with van der Waals surface area (Å²) in [4.78, 5) is 16.7. The third-order valence-electron chi connectivity index (χ3n) is 4.93. The molecule has 1 fully saturated rings. The minimum absolute atomic E-state index is 0.0989. The van der Waals surface area contributed by atoms with Gasteiger partial charge in [0, 0.05) is 16.3 Å². The van der Waals surface area contributed by atoms with Gasteiger partial charge in [0.1, 0.15) is 4.21 Å². The van der Waals surface area contributed by atoms with Gasteiger partial charge in [0.2, 0.25) is 10.0 Å². The highest BCUT2D eigenvalue weighted by molar-refractivity contribution is 7.91.